The number of carbonyl (C=O) groups excluding carboxylic acids is 2. The van der Waals surface area contributed by atoms with Crippen molar-refractivity contribution >= 4 is 83.3 Å². The zero-order valence-electron chi connectivity index (χ0n) is 39.2. The van der Waals surface area contributed by atoms with Crippen molar-refractivity contribution in [3.05, 3.63) is 123 Å². The summed E-state index contributed by atoms with van der Waals surface area (Å²) < 4.78 is 5.97. The molecule has 0 aliphatic carbocycles. The van der Waals surface area contributed by atoms with Crippen LogP contribution in [0.5, 0.6) is 0 Å². The molecule has 5 aromatic heterocycles. The first-order valence-corrected chi connectivity index (χ1v) is 23.6. The number of aryl methyl sites for hydroxylation is 1. The first kappa shape index (κ1) is 46.7. The standard InChI is InChI=1S/C50H54BrN15O3/c1-29(67)65(3)21-19-54-47-44-37-17-15-34(50(68)69-5)25-40(37)56-48(44)59-41(57-47)23-30-10-8-12-31(22-30)35(27-52)28-64(2)20-9-18-53-46-43-36-16-14-33(45-61-63-66(4)62-45)24-39(36)55-49(43)60-42(58-46)26-32-11-6-7-13-38(32)51/h6-8,10-17,22,24-25,35H,9,18-21,23,26-28,52H2,1-5H3,(H2,53,55,58,60)(H2,54,56,57,59). The summed E-state index contributed by atoms with van der Waals surface area (Å²) in [6.45, 7) is 5.30. The van der Waals surface area contributed by atoms with Gasteiger partial charge in [0.2, 0.25) is 11.7 Å². The zero-order chi connectivity index (χ0) is 48.2. The van der Waals surface area contributed by atoms with Gasteiger partial charge in [-0.15, -0.1) is 10.2 Å². The molecule has 1 unspecified atom stereocenters. The highest BCUT2D eigenvalue weighted by molar-refractivity contribution is 9.10. The van der Waals surface area contributed by atoms with Crippen molar-refractivity contribution in [2.45, 2.75) is 32.1 Å². The molecule has 5 heterocycles. The fraction of sp³-hybridized carbons (Fsp3) is 0.300. The molecule has 0 bridgehead atoms. The number of fused-ring (bicyclic) bond motifs is 6. The first-order valence-electron chi connectivity index (χ1n) is 22.8. The lowest BCUT2D eigenvalue weighted by Crippen LogP contribution is -2.30. The van der Waals surface area contributed by atoms with Gasteiger partial charge in [-0.2, -0.15) is 4.80 Å². The van der Waals surface area contributed by atoms with Gasteiger partial charge in [0, 0.05) is 97.3 Å². The van der Waals surface area contributed by atoms with Crippen LogP contribution >= 0.6 is 15.9 Å². The Hall–Kier alpha value is -7.35. The molecular formula is C50H54BrN15O3. The molecule has 0 radical (unpaired) electrons. The van der Waals surface area contributed by atoms with Crippen LogP contribution in [0.2, 0.25) is 0 Å². The number of hydrogen-bond donors (Lipinski definition) is 5. The summed E-state index contributed by atoms with van der Waals surface area (Å²) in [4.78, 5) is 56.7. The maximum absolute atomic E-state index is 12.4. The number of nitrogens with two attached hydrogens (primary N) is 1. The Balaban J connectivity index is 0.888. The monoisotopic (exact) mass is 991 g/mol. The van der Waals surface area contributed by atoms with Crippen LogP contribution in [0.25, 0.3) is 55.3 Å². The van der Waals surface area contributed by atoms with Gasteiger partial charge in [0.1, 0.15) is 34.6 Å². The molecule has 4 aromatic carbocycles. The number of hydrogen-bond acceptors (Lipinski definition) is 14. The number of ether oxygens (including phenoxy) is 1. The third-order valence-electron chi connectivity index (χ3n) is 12.4. The lowest BCUT2D eigenvalue weighted by Gasteiger charge is -2.24. The lowest BCUT2D eigenvalue weighted by atomic mass is 9.96. The minimum atomic E-state index is -0.422. The summed E-state index contributed by atoms with van der Waals surface area (Å²) in [5.41, 5.74) is 14.1. The van der Waals surface area contributed by atoms with Gasteiger partial charge >= 0.3 is 5.97 Å². The molecule has 6 N–H and O–H groups in total. The summed E-state index contributed by atoms with van der Waals surface area (Å²) in [6, 6.07) is 28.1. The summed E-state index contributed by atoms with van der Waals surface area (Å²) >= 11 is 3.70. The number of aromatic amines is 2. The molecule has 69 heavy (non-hydrogen) atoms. The molecule has 9 rings (SSSR count). The Morgan fingerprint density at radius 3 is 2.20 bits per heavy atom. The van der Waals surface area contributed by atoms with Crippen molar-refractivity contribution in [2.24, 2.45) is 12.8 Å². The van der Waals surface area contributed by atoms with Crippen LogP contribution in [-0.2, 0) is 29.4 Å². The number of halogens is 1. The van der Waals surface area contributed by atoms with E-state index in [1.807, 2.05) is 36.4 Å². The molecule has 19 heteroatoms. The highest BCUT2D eigenvalue weighted by Gasteiger charge is 2.20. The van der Waals surface area contributed by atoms with Crippen LogP contribution in [0.1, 0.15) is 58.0 Å². The maximum atomic E-state index is 12.4. The number of nitrogens with zero attached hydrogens (tertiary/aromatic N) is 10. The molecule has 1 atom stereocenters. The van der Waals surface area contributed by atoms with E-state index in [1.165, 1.54) is 11.9 Å². The van der Waals surface area contributed by atoms with Crippen LogP contribution in [0.3, 0.4) is 0 Å². The molecular weight excluding hydrogens is 939 g/mol. The number of likely N-dealkylation sites (N-methyl/N-ethyl adjacent to an activating group) is 2. The molecule has 354 valence electrons. The average Bonchev–Trinajstić information content (AvgIpc) is 4.06. The summed E-state index contributed by atoms with van der Waals surface area (Å²) in [7, 11) is 7.01. The topological polar surface area (TPSA) is 227 Å². The van der Waals surface area contributed by atoms with E-state index in [2.05, 4.69) is 100 Å². The van der Waals surface area contributed by atoms with Gasteiger partial charge in [-0.05, 0) is 66.2 Å². The van der Waals surface area contributed by atoms with Crippen molar-refractivity contribution in [2.75, 3.05) is 71.1 Å². The minimum Gasteiger partial charge on any atom is -0.465 e. The van der Waals surface area contributed by atoms with E-state index in [1.54, 1.807) is 38.1 Å². The predicted octanol–water partition coefficient (Wildman–Crippen LogP) is 6.82. The van der Waals surface area contributed by atoms with Gasteiger partial charge in [-0.25, -0.2) is 24.7 Å². The molecule has 18 nitrogen and oxygen atoms in total. The second-order valence-corrected chi connectivity index (χ2v) is 18.2. The van der Waals surface area contributed by atoms with Crippen molar-refractivity contribution in [1.29, 1.82) is 0 Å². The molecule has 0 fully saturated rings. The van der Waals surface area contributed by atoms with Gasteiger partial charge < -0.3 is 40.9 Å². The molecule has 0 aliphatic rings. The number of tetrazole rings is 1. The Labute approximate surface area is 406 Å². The van der Waals surface area contributed by atoms with E-state index in [9.17, 15) is 9.59 Å². The SMILES string of the molecule is COC(=O)c1ccc2c(c1)[nH]c1nc(Cc3cccc(C(CN)CN(C)CCCNc4nc(Cc5ccccc5Br)nc5[nH]c6cc(-c7nnn(C)n7)ccc6c45)c3)nc(NCCN(C)C(C)=O)c12. The van der Waals surface area contributed by atoms with E-state index in [0.717, 1.165) is 90.3 Å². The second-order valence-electron chi connectivity index (χ2n) is 17.3. The van der Waals surface area contributed by atoms with Gasteiger partial charge in [0.25, 0.3) is 0 Å². The number of esters is 1. The third kappa shape index (κ3) is 10.4. The van der Waals surface area contributed by atoms with Crippen LogP contribution in [-0.4, -0.2) is 132 Å². The molecule has 9 aromatic rings. The van der Waals surface area contributed by atoms with E-state index in [4.69, 9.17) is 30.4 Å². The van der Waals surface area contributed by atoms with Gasteiger partial charge in [0.05, 0.1) is 30.5 Å². The Kier molecular flexibility index (Phi) is 13.9. The highest BCUT2D eigenvalue weighted by Crippen LogP contribution is 2.34. The number of amides is 1. The van der Waals surface area contributed by atoms with E-state index in [-0.39, 0.29) is 11.8 Å². The van der Waals surface area contributed by atoms with Crippen LogP contribution in [0, 0.1) is 0 Å². The summed E-state index contributed by atoms with van der Waals surface area (Å²) in [5, 5.41) is 23.3. The van der Waals surface area contributed by atoms with Gasteiger partial charge in [0.15, 0.2) is 0 Å². The molecule has 0 aliphatic heterocycles. The Morgan fingerprint density at radius 1 is 0.826 bits per heavy atom. The van der Waals surface area contributed by atoms with Crippen molar-refractivity contribution in [1.82, 2.24) is 59.9 Å². The largest absolute Gasteiger partial charge is 0.465 e. The number of nitrogens with one attached hydrogen (secondary N) is 4. The fourth-order valence-corrected chi connectivity index (χ4v) is 9.10. The number of carbonyl (C=O) groups is 2. The molecule has 0 saturated carbocycles. The van der Waals surface area contributed by atoms with Crippen molar-refractivity contribution in [3.63, 3.8) is 0 Å². The van der Waals surface area contributed by atoms with Gasteiger partial charge in [-0.1, -0.05) is 76.6 Å². The minimum absolute atomic E-state index is 0.0198. The molecule has 0 saturated heterocycles. The maximum Gasteiger partial charge on any atom is 0.337 e. The van der Waals surface area contributed by atoms with Crippen LogP contribution in [0.15, 0.2) is 89.4 Å². The molecule has 1 amide bonds. The average molecular weight is 993 g/mol. The smallest absolute Gasteiger partial charge is 0.337 e. The number of methoxy groups -OCH3 is 1. The van der Waals surface area contributed by atoms with Crippen LogP contribution < -0.4 is 16.4 Å². The van der Waals surface area contributed by atoms with Crippen molar-refractivity contribution < 1.29 is 14.3 Å². The normalized spacial score (nSPS) is 12.1. The van der Waals surface area contributed by atoms with Crippen molar-refractivity contribution in [3.8, 4) is 11.4 Å². The number of anilines is 2. The van der Waals surface area contributed by atoms with E-state index < -0.39 is 5.97 Å². The lowest BCUT2D eigenvalue weighted by molar-refractivity contribution is -0.127. The van der Waals surface area contributed by atoms with E-state index >= 15 is 0 Å². The van der Waals surface area contributed by atoms with E-state index in [0.29, 0.717) is 73.5 Å². The summed E-state index contributed by atoms with van der Waals surface area (Å²) in [6.07, 6.45) is 1.90. The zero-order valence-corrected chi connectivity index (χ0v) is 40.8. The Bertz CT molecular complexity index is 3330. The second kappa shape index (κ2) is 20.5. The first-order chi connectivity index (χ1) is 33.4. The molecule has 0 spiro atoms. The predicted molar refractivity (Wildman–Crippen MR) is 272 cm³/mol. The number of H-pyrrole nitrogens is 2. The number of aromatic nitrogens is 10. The summed E-state index contributed by atoms with van der Waals surface area (Å²) in [5.74, 6) is 2.95. The fourth-order valence-electron chi connectivity index (χ4n) is 8.68. The van der Waals surface area contributed by atoms with Gasteiger partial charge in [-0.3, -0.25) is 4.79 Å². The number of rotatable bonds is 19. The quantitative estimate of drug-likeness (QED) is 0.0414. The van der Waals surface area contributed by atoms with Crippen LogP contribution in [0.4, 0.5) is 11.6 Å². The highest BCUT2D eigenvalue weighted by atomic mass is 79.9. The number of benzene rings is 4. The third-order valence-corrected chi connectivity index (χ3v) is 13.1. The Morgan fingerprint density at radius 2 is 1.52 bits per heavy atom.